The van der Waals surface area contributed by atoms with Crippen molar-refractivity contribution in [2.24, 2.45) is 0 Å². The fourth-order valence-electron chi connectivity index (χ4n) is 2.23. The summed E-state index contributed by atoms with van der Waals surface area (Å²) in [6.07, 6.45) is 0.846. The number of aryl methyl sites for hydroxylation is 1. The molecule has 1 amide bonds. The molecule has 0 radical (unpaired) electrons. The van der Waals surface area contributed by atoms with Gasteiger partial charge >= 0.3 is 5.97 Å². The lowest BCUT2D eigenvalue weighted by Gasteiger charge is -2.13. The fraction of sp³-hybridized carbons (Fsp3) is 0.222. The second-order valence-electron chi connectivity index (χ2n) is 5.60. The first-order chi connectivity index (χ1) is 11.4. The molecule has 5 nitrogen and oxygen atoms in total. The van der Waals surface area contributed by atoms with Crippen LogP contribution in [-0.2, 0) is 11.2 Å². The van der Waals surface area contributed by atoms with Crippen LogP contribution in [0, 0.1) is 0 Å². The van der Waals surface area contributed by atoms with Gasteiger partial charge in [0.1, 0.15) is 0 Å². The second kappa shape index (κ2) is 7.84. The normalized spacial score (nSPS) is 10.3. The standard InChI is InChI=1S/C18H19ClN2O3/c1-21(2)14-7-3-12(4-8-14)5-10-17(22)20-16-9-6-13(19)11-15(16)18(23)24/h3-4,6-9,11H,5,10H2,1-2H3,(H,20,22)(H,23,24). The number of carboxylic acids is 1. The summed E-state index contributed by atoms with van der Waals surface area (Å²) in [5.74, 6) is -1.37. The Hall–Kier alpha value is -2.53. The van der Waals surface area contributed by atoms with Crippen LogP contribution in [0.15, 0.2) is 42.5 Å². The Morgan fingerprint density at radius 1 is 1.12 bits per heavy atom. The number of hydrogen-bond acceptors (Lipinski definition) is 3. The molecule has 0 fully saturated rings. The molecule has 24 heavy (non-hydrogen) atoms. The first-order valence-electron chi connectivity index (χ1n) is 7.46. The number of aromatic carboxylic acids is 1. The van der Waals surface area contributed by atoms with E-state index in [0.717, 1.165) is 11.3 Å². The van der Waals surface area contributed by atoms with E-state index < -0.39 is 5.97 Å². The molecule has 0 aliphatic heterocycles. The number of nitrogens with zero attached hydrogens (tertiary/aromatic N) is 1. The Morgan fingerprint density at radius 3 is 2.38 bits per heavy atom. The largest absolute Gasteiger partial charge is 0.478 e. The van der Waals surface area contributed by atoms with Crippen LogP contribution in [0.4, 0.5) is 11.4 Å². The molecule has 0 saturated carbocycles. The molecule has 2 aromatic rings. The van der Waals surface area contributed by atoms with Crippen molar-refractivity contribution < 1.29 is 14.7 Å². The molecule has 0 heterocycles. The molecule has 6 heteroatoms. The van der Waals surface area contributed by atoms with Gasteiger partial charge in [-0.25, -0.2) is 4.79 Å². The minimum atomic E-state index is -1.13. The van der Waals surface area contributed by atoms with Gasteiger partial charge in [0, 0.05) is 31.2 Å². The third kappa shape index (κ3) is 4.73. The number of amides is 1. The lowest BCUT2D eigenvalue weighted by Crippen LogP contribution is -2.15. The highest BCUT2D eigenvalue weighted by atomic mass is 35.5. The van der Waals surface area contributed by atoms with Gasteiger partial charge in [0.05, 0.1) is 11.3 Å². The van der Waals surface area contributed by atoms with Crippen LogP contribution in [0.25, 0.3) is 0 Å². The minimum Gasteiger partial charge on any atom is -0.478 e. The average molecular weight is 347 g/mol. The van der Waals surface area contributed by atoms with E-state index in [1.165, 1.54) is 12.1 Å². The first-order valence-corrected chi connectivity index (χ1v) is 7.83. The van der Waals surface area contributed by atoms with E-state index in [4.69, 9.17) is 16.7 Å². The van der Waals surface area contributed by atoms with E-state index in [2.05, 4.69) is 5.32 Å². The topological polar surface area (TPSA) is 69.6 Å². The summed E-state index contributed by atoms with van der Waals surface area (Å²) < 4.78 is 0. The van der Waals surface area contributed by atoms with Gasteiger partial charge in [-0.1, -0.05) is 23.7 Å². The van der Waals surface area contributed by atoms with Gasteiger partial charge in [0.2, 0.25) is 5.91 Å². The number of halogens is 1. The van der Waals surface area contributed by atoms with E-state index in [1.54, 1.807) is 6.07 Å². The van der Waals surface area contributed by atoms with Crippen LogP contribution in [0.3, 0.4) is 0 Å². The molecule has 0 unspecified atom stereocenters. The van der Waals surface area contributed by atoms with Gasteiger partial charge in [0.15, 0.2) is 0 Å². The third-order valence-corrected chi connectivity index (χ3v) is 3.81. The molecule has 0 spiro atoms. The van der Waals surface area contributed by atoms with Crippen molar-refractivity contribution in [1.29, 1.82) is 0 Å². The molecule has 0 aliphatic rings. The quantitative estimate of drug-likeness (QED) is 0.837. The Morgan fingerprint density at radius 2 is 1.79 bits per heavy atom. The van der Waals surface area contributed by atoms with Crippen LogP contribution < -0.4 is 10.2 Å². The number of rotatable bonds is 6. The Kier molecular flexibility index (Phi) is 5.82. The highest BCUT2D eigenvalue weighted by Crippen LogP contribution is 2.21. The average Bonchev–Trinajstić information content (AvgIpc) is 2.54. The summed E-state index contributed by atoms with van der Waals surface area (Å²) in [6, 6.07) is 12.3. The first kappa shape index (κ1) is 17.8. The number of nitrogens with one attached hydrogen (secondary N) is 1. The highest BCUT2D eigenvalue weighted by Gasteiger charge is 2.13. The molecule has 126 valence electrons. The third-order valence-electron chi connectivity index (χ3n) is 3.58. The summed E-state index contributed by atoms with van der Waals surface area (Å²) in [6.45, 7) is 0. The van der Waals surface area contributed by atoms with Crippen LogP contribution in [0.2, 0.25) is 5.02 Å². The van der Waals surface area contributed by atoms with Gasteiger partial charge in [0.25, 0.3) is 0 Å². The second-order valence-corrected chi connectivity index (χ2v) is 6.04. The summed E-state index contributed by atoms with van der Waals surface area (Å²) in [5, 5.41) is 12.1. The van der Waals surface area contributed by atoms with Crippen molar-refractivity contribution in [1.82, 2.24) is 0 Å². The summed E-state index contributed by atoms with van der Waals surface area (Å²) in [4.78, 5) is 25.3. The zero-order valence-electron chi connectivity index (χ0n) is 13.5. The summed E-state index contributed by atoms with van der Waals surface area (Å²) in [7, 11) is 3.93. The van der Waals surface area contributed by atoms with E-state index in [1.807, 2.05) is 43.3 Å². The number of benzene rings is 2. The Bertz CT molecular complexity index is 742. The van der Waals surface area contributed by atoms with Gasteiger partial charge in [-0.2, -0.15) is 0 Å². The minimum absolute atomic E-state index is 0.0221. The van der Waals surface area contributed by atoms with Gasteiger partial charge in [-0.15, -0.1) is 0 Å². The zero-order chi connectivity index (χ0) is 17.7. The summed E-state index contributed by atoms with van der Waals surface area (Å²) in [5.41, 5.74) is 2.37. The highest BCUT2D eigenvalue weighted by molar-refractivity contribution is 6.31. The predicted octanol–water partition coefficient (Wildman–Crippen LogP) is 3.68. The van der Waals surface area contributed by atoms with Gasteiger partial charge < -0.3 is 15.3 Å². The number of anilines is 2. The Labute approximate surface area is 145 Å². The number of hydrogen-bond donors (Lipinski definition) is 2. The van der Waals surface area contributed by atoms with E-state index in [9.17, 15) is 9.59 Å². The van der Waals surface area contributed by atoms with E-state index in [-0.39, 0.29) is 23.6 Å². The van der Waals surface area contributed by atoms with Crippen molar-refractivity contribution in [3.05, 3.63) is 58.6 Å². The van der Waals surface area contributed by atoms with Crippen molar-refractivity contribution in [2.75, 3.05) is 24.3 Å². The molecule has 0 bridgehead atoms. The van der Waals surface area contributed by atoms with Crippen LogP contribution in [-0.4, -0.2) is 31.1 Å². The fourth-order valence-corrected chi connectivity index (χ4v) is 2.41. The van der Waals surface area contributed by atoms with Gasteiger partial charge in [-0.05, 0) is 42.3 Å². The monoisotopic (exact) mass is 346 g/mol. The number of carboxylic acid groups (broad SMARTS) is 1. The molecule has 0 saturated heterocycles. The smallest absolute Gasteiger partial charge is 0.337 e. The number of carbonyl (C=O) groups is 2. The Balaban J connectivity index is 1.97. The zero-order valence-corrected chi connectivity index (χ0v) is 14.3. The molecule has 2 rings (SSSR count). The van der Waals surface area contributed by atoms with Gasteiger partial charge in [-0.3, -0.25) is 4.79 Å². The molecule has 0 aliphatic carbocycles. The van der Waals surface area contributed by atoms with Crippen LogP contribution in [0.5, 0.6) is 0 Å². The molecular weight excluding hydrogens is 328 g/mol. The molecule has 2 aromatic carbocycles. The maximum Gasteiger partial charge on any atom is 0.337 e. The SMILES string of the molecule is CN(C)c1ccc(CCC(=O)Nc2ccc(Cl)cc2C(=O)O)cc1. The predicted molar refractivity (Wildman–Crippen MR) is 96.1 cm³/mol. The maximum absolute atomic E-state index is 12.1. The van der Waals surface area contributed by atoms with Crippen molar-refractivity contribution in [3.63, 3.8) is 0 Å². The van der Waals surface area contributed by atoms with E-state index in [0.29, 0.717) is 11.4 Å². The van der Waals surface area contributed by atoms with Crippen molar-refractivity contribution in [3.8, 4) is 0 Å². The van der Waals surface area contributed by atoms with Crippen molar-refractivity contribution >= 4 is 34.9 Å². The van der Waals surface area contributed by atoms with Crippen LogP contribution >= 0.6 is 11.6 Å². The molecule has 0 atom stereocenters. The van der Waals surface area contributed by atoms with Crippen molar-refractivity contribution in [2.45, 2.75) is 12.8 Å². The van der Waals surface area contributed by atoms with Crippen LogP contribution in [0.1, 0.15) is 22.3 Å². The molecule has 2 N–H and O–H groups in total. The maximum atomic E-state index is 12.1. The van der Waals surface area contributed by atoms with E-state index >= 15 is 0 Å². The molecular formula is C18H19ClN2O3. The summed E-state index contributed by atoms with van der Waals surface area (Å²) >= 11 is 5.79. The lowest BCUT2D eigenvalue weighted by molar-refractivity contribution is -0.116. The lowest BCUT2D eigenvalue weighted by atomic mass is 10.1. The molecule has 0 aromatic heterocycles. The number of carbonyl (C=O) groups excluding carboxylic acids is 1.